The lowest BCUT2D eigenvalue weighted by molar-refractivity contribution is 0.445. The van der Waals surface area contributed by atoms with E-state index >= 15 is 0 Å². The molecule has 0 amide bonds. The number of hydrogen-bond acceptors (Lipinski definition) is 9. The molecule has 1 heterocycles. The van der Waals surface area contributed by atoms with Crippen molar-refractivity contribution in [1.29, 1.82) is 0 Å². The molecule has 0 saturated carbocycles. The molecule has 0 radical (unpaired) electrons. The van der Waals surface area contributed by atoms with Gasteiger partial charge in [0, 0.05) is 5.39 Å². The summed E-state index contributed by atoms with van der Waals surface area (Å²) in [4.78, 5) is 2.29. The van der Waals surface area contributed by atoms with Crippen molar-refractivity contribution in [2.75, 3.05) is 0 Å². The molecule has 0 spiro atoms. The maximum atomic E-state index is 11.5. The van der Waals surface area contributed by atoms with E-state index < -0.39 is 41.5 Å². The molecule has 4 N–H and O–H groups in total. The van der Waals surface area contributed by atoms with Crippen molar-refractivity contribution in [2.24, 2.45) is 10.2 Å². The van der Waals surface area contributed by atoms with E-state index in [1.54, 1.807) is 0 Å². The third kappa shape index (κ3) is 3.38. The standard InChI is InChI=1S/C12H9N5O7S2/c18-11-9(26(22,23)24)3-6-1-2-7(25(19,20)21)4-8(6)10(11)15-17-12-13-5-14-16-12/h1-5,18H,(H,13,14,16)(H,19,20,21)(H,22,23,24). The molecule has 0 aliphatic carbocycles. The molecule has 0 unspecified atom stereocenters. The summed E-state index contributed by atoms with van der Waals surface area (Å²) in [6, 6.07) is 4.06. The van der Waals surface area contributed by atoms with Crippen LogP contribution in [0, 0.1) is 0 Å². The molecule has 12 nitrogen and oxygen atoms in total. The van der Waals surface area contributed by atoms with Crippen LogP contribution in [0.25, 0.3) is 10.8 Å². The zero-order valence-corrected chi connectivity index (χ0v) is 14.1. The van der Waals surface area contributed by atoms with Crippen LogP contribution >= 0.6 is 0 Å². The molecule has 0 atom stereocenters. The predicted octanol–water partition coefficient (Wildman–Crippen LogP) is 1.57. The number of nitrogens with zero attached hydrogens (tertiary/aromatic N) is 4. The van der Waals surface area contributed by atoms with E-state index in [1.165, 1.54) is 6.07 Å². The van der Waals surface area contributed by atoms with Gasteiger partial charge >= 0.3 is 0 Å². The maximum Gasteiger partial charge on any atom is 0.298 e. The van der Waals surface area contributed by atoms with Gasteiger partial charge in [0.15, 0.2) is 5.75 Å². The number of phenolic OH excluding ortho intramolecular Hbond substituents is 1. The van der Waals surface area contributed by atoms with Crippen molar-refractivity contribution in [3.05, 3.63) is 30.6 Å². The molecule has 2 aromatic carbocycles. The van der Waals surface area contributed by atoms with E-state index in [9.17, 15) is 26.5 Å². The van der Waals surface area contributed by atoms with Crippen LogP contribution in [-0.4, -0.2) is 46.2 Å². The fourth-order valence-electron chi connectivity index (χ4n) is 2.12. The number of hydrogen-bond donors (Lipinski definition) is 4. The first-order valence-electron chi connectivity index (χ1n) is 6.59. The predicted molar refractivity (Wildman–Crippen MR) is 85.8 cm³/mol. The van der Waals surface area contributed by atoms with E-state index in [0.717, 1.165) is 24.5 Å². The minimum Gasteiger partial charge on any atom is -0.504 e. The number of aromatic nitrogens is 3. The van der Waals surface area contributed by atoms with Crippen molar-refractivity contribution >= 4 is 42.6 Å². The largest absolute Gasteiger partial charge is 0.504 e. The number of benzene rings is 2. The Morgan fingerprint density at radius 2 is 1.73 bits per heavy atom. The highest BCUT2D eigenvalue weighted by Crippen LogP contribution is 2.41. The molecule has 136 valence electrons. The summed E-state index contributed by atoms with van der Waals surface area (Å²) in [5.74, 6) is -1.04. The number of aromatic amines is 1. The lowest BCUT2D eigenvalue weighted by atomic mass is 10.1. The van der Waals surface area contributed by atoms with Gasteiger partial charge in [-0.1, -0.05) is 6.07 Å². The molecule has 3 aromatic rings. The average molecular weight is 399 g/mol. The Morgan fingerprint density at radius 1 is 1.00 bits per heavy atom. The molecule has 26 heavy (non-hydrogen) atoms. The summed E-state index contributed by atoms with van der Waals surface area (Å²) in [6.45, 7) is 0. The second-order valence-corrected chi connectivity index (χ2v) is 7.73. The Balaban J connectivity index is 2.37. The van der Waals surface area contributed by atoms with Crippen molar-refractivity contribution in [3.63, 3.8) is 0 Å². The van der Waals surface area contributed by atoms with Crippen LogP contribution in [0.4, 0.5) is 11.6 Å². The highest BCUT2D eigenvalue weighted by Gasteiger charge is 2.23. The monoisotopic (exact) mass is 399 g/mol. The zero-order valence-electron chi connectivity index (χ0n) is 12.5. The minimum atomic E-state index is -4.81. The van der Waals surface area contributed by atoms with Crippen LogP contribution in [0.3, 0.4) is 0 Å². The average Bonchev–Trinajstić information content (AvgIpc) is 3.04. The first-order chi connectivity index (χ1) is 12.1. The van der Waals surface area contributed by atoms with Gasteiger partial charge in [0.25, 0.3) is 26.2 Å². The summed E-state index contributed by atoms with van der Waals surface area (Å²) in [6.07, 6.45) is 1.12. The Kier molecular flexibility index (Phi) is 4.19. The second kappa shape index (κ2) is 6.10. The van der Waals surface area contributed by atoms with Crippen LogP contribution in [0.2, 0.25) is 0 Å². The fraction of sp³-hybridized carbons (Fsp3) is 0. The summed E-state index contributed by atoms with van der Waals surface area (Å²) < 4.78 is 64.0. The van der Waals surface area contributed by atoms with Gasteiger partial charge in [-0.25, -0.2) is 5.10 Å². The Morgan fingerprint density at radius 3 is 2.31 bits per heavy atom. The van der Waals surface area contributed by atoms with Crippen molar-refractivity contribution in [1.82, 2.24) is 15.2 Å². The minimum absolute atomic E-state index is 0.0479. The summed E-state index contributed by atoms with van der Waals surface area (Å²) in [5.41, 5.74) is -0.461. The van der Waals surface area contributed by atoms with Crippen molar-refractivity contribution < 1.29 is 31.0 Å². The van der Waals surface area contributed by atoms with E-state index in [4.69, 9.17) is 4.55 Å². The Bertz CT molecular complexity index is 1230. The number of azo groups is 1. The van der Waals surface area contributed by atoms with Gasteiger partial charge in [-0.2, -0.15) is 26.9 Å². The van der Waals surface area contributed by atoms with Crippen LogP contribution in [-0.2, 0) is 20.2 Å². The molecule has 0 aliphatic rings. The SMILES string of the molecule is O=S(=O)(O)c1ccc2cc(S(=O)(=O)O)c(O)c(N=Nc3ncn[nH]3)c2c1. The second-order valence-electron chi connectivity index (χ2n) is 4.91. The Labute approximate surface area is 145 Å². The van der Waals surface area contributed by atoms with Crippen LogP contribution < -0.4 is 0 Å². The number of rotatable bonds is 4. The van der Waals surface area contributed by atoms with Gasteiger partial charge in [-0.15, -0.1) is 10.2 Å². The highest BCUT2D eigenvalue weighted by atomic mass is 32.2. The maximum absolute atomic E-state index is 11.5. The topological polar surface area (TPSA) is 195 Å². The van der Waals surface area contributed by atoms with Gasteiger partial charge in [0.05, 0.1) is 4.90 Å². The van der Waals surface area contributed by atoms with Crippen LogP contribution in [0.15, 0.2) is 50.6 Å². The van der Waals surface area contributed by atoms with Crippen molar-refractivity contribution in [2.45, 2.75) is 9.79 Å². The van der Waals surface area contributed by atoms with Crippen molar-refractivity contribution in [3.8, 4) is 5.75 Å². The summed E-state index contributed by atoms with van der Waals surface area (Å²) >= 11 is 0. The molecule has 14 heteroatoms. The molecule has 0 bridgehead atoms. The number of fused-ring (bicyclic) bond motifs is 1. The van der Waals surface area contributed by atoms with Gasteiger partial charge < -0.3 is 5.11 Å². The molecule has 0 saturated heterocycles. The van der Waals surface area contributed by atoms with Gasteiger partial charge in [-0.3, -0.25) is 9.11 Å². The van der Waals surface area contributed by atoms with E-state index in [2.05, 4.69) is 25.4 Å². The van der Waals surface area contributed by atoms with Crippen LogP contribution in [0.5, 0.6) is 5.75 Å². The fourth-order valence-corrected chi connectivity index (χ4v) is 3.25. The zero-order chi connectivity index (χ0) is 19.1. The number of nitrogens with one attached hydrogen (secondary N) is 1. The first kappa shape index (κ1) is 17.9. The normalized spacial score (nSPS) is 12.8. The number of aromatic hydroxyl groups is 1. The van der Waals surface area contributed by atoms with Crippen LogP contribution in [0.1, 0.15) is 0 Å². The first-order valence-corrected chi connectivity index (χ1v) is 9.47. The molecule has 0 aliphatic heterocycles. The molecular weight excluding hydrogens is 390 g/mol. The third-order valence-electron chi connectivity index (χ3n) is 3.25. The molecule has 0 fully saturated rings. The lowest BCUT2D eigenvalue weighted by Gasteiger charge is -2.09. The van der Waals surface area contributed by atoms with E-state index in [-0.39, 0.29) is 16.7 Å². The van der Waals surface area contributed by atoms with Gasteiger partial charge in [0.1, 0.15) is 16.9 Å². The smallest absolute Gasteiger partial charge is 0.298 e. The summed E-state index contributed by atoms with van der Waals surface area (Å²) in [5, 5.41) is 23.4. The van der Waals surface area contributed by atoms with E-state index in [1.807, 2.05) is 0 Å². The quantitative estimate of drug-likeness (QED) is 0.372. The molecule has 3 rings (SSSR count). The molecular formula is C12H9N5O7S2. The third-order valence-corrected chi connectivity index (χ3v) is 4.96. The highest BCUT2D eigenvalue weighted by molar-refractivity contribution is 7.86. The number of phenols is 1. The lowest BCUT2D eigenvalue weighted by Crippen LogP contribution is -2.00. The van der Waals surface area contributed by atoms with Gasteiger partial charge in [0.2, 0.25) is 0 Å². The van der Waals surface area contributed by atoms with Gasteiger partial charge in [-0.05, 0) is 23.6 Å². The summed E-state index contributed by atoms with van der Waals surface area (Å²) in [7, 11) is -9.38. The molecule has 1 aromatic heterocycles. The van der Waals surface area contributed by atoms with E-state index in [0.29, 0.717) is 0 Å². The number of H-pyrrole nitrogens is 1. The Hall–Kier alpha value is -2.94.